The van der Waals surface area contributed by atoms with Crippen LogP contribution in [-0.4, -0.2) is 31.1 Å². The Hall–Kier alpha value is -0.570. The zero-order valence-corrected chi connectivity index (χ0v) is 13.2. The molecule has 0 saturated heterocycles. The van der Waals surface area contributed by atoms with Crippen molar-refractivity contribution in [1.29, 1.82) is 0 Å². The van der Waals surface area contributed by atoms with E-state index in [1.54, 1.807) is 0 Å². The Morgan fingerprint density at radius 1 is 1.26 bits per heavy atom. The molecular weight excluding hydrogens is 256 g/mol. The van der Waals surface area contributed by atoms with E-state index < -0.39 is 0 Å². The lowest BCUT2D eigenvalue weighted by Crippen LogP contribution is -2.47. The summed E-state index contributed by atoms with van der Waals surface area (Å²) in [5.41, 5.74) is 1.53. The molecule has 1 fully saturated rings. The van der Waals surface area contributed by atoms with Gasteiger partial charge < -0.3 is 10.2 Å². The summed E-state index contributed by atoms with van der Waals surface area (Å²) in [5.74, 6) is 0.791. The maximum absolute atomic E-state index is 5.98. The highest BCUT2D eigenvalue weighted by molar-refractivity contribution is 6.30. The molecule has 3 heteroatoms. The second-order valence-corrected chi connectivity index (χ2v) is 6.89. The second kappa shape index (κ2) is 5.82. The van der Waals surface area contributed by atoms with Crippen molar-refractivity contribution in [3.63, 3.8) is 0 Å². The van der Waals surface area contributed by atoms with Crippen molar-refractivity contribution in [2.45, 2.75) is 38.3 Å². The third-order valence-corrected chi connectivity index (χ3v) is 4.54. The average molecular weight is 281 g/mol. The lowest BCUT2D eigenvalue weighted by molar-refractivity contribution is 0.182. The van der Waals surface area contributed by atoms with Crippen molar-refractivity contribution < 1.29 is 0 Å². The number of benzene rings is 1. The van der Waals surface area contributed by atoms with Gasteiger partial charge in [-0.1, -0.05) is 23.7 Å². The SMILES string of the molecule is CN(C)C(C)(C)CNC(c1ccc(Cl)cc1)C1CC1. The normalized spacial score (nSPS) is 17.8. The van der Waals surface area contributed by atoms with Gasteiger partial charge in [-0.2, -0.15) is 0 Å². The largest absolute Gasteiger partial charge is 0.308 e. The summed E-state index contributed by atoms with van der Waals surface area (Å²) in [5, 5.41) is 4.57. The predicted molar refractivity (Wildman–Crippen MR) is 82.7 cm³/mol. The molecule has 0 aliphatic heterocycles. The molecule has 0 heterocycles. The summed E-state index contributed by atoms with van der Waals surface area (Å²) < 4.78 is 0. The van der Waals surface area contributed by atoms with E-state index in [1.807, 2.05) is 12.1 Å². The molecular formula is C16H25ClN2. The van der Waals surface area contributed by atoms with Crippen molar-refractivity contribution in [2.24, 2.45) is 5.92 Å². The molecule has 1 aliphatic rings. The van der Waals surface area contributed by atoms with Gasteiger partial charge in [0.25, 0.3) is 0 Å². The van der Waals surface area contributed by atoms with Gasteiger partial charge in [-0.3, -0.25) is 0 Å². The number of halogens is 1. The first kappa shape index (κ1) is 14.8. The maximum Gasteiger partial charge on any atom is 0.0406 e. The zero-order valence-electron chi connectivity index (χ0n) is 12.4. The van der Waals surface area contributed by atoms with E-state index in [2.05, 4.69) is 50.3 Å². The minimum Gasteiger partial charge on any atom is -0.308 e. The van der Waals surface area contributed by atoms with E-state index in [1.165, 1.54) is 18.4 Å². The summed E-state index contributed by atoms with van der Waals surface area (Å²) in [6.45, 7) is 5.53. The van der Waals surface area contributed by atoms with Crippen molar-refractivity contribution in [2.75, 3.05) is 20.6 Å². The quantitative estimate of drug-likeness (QED) is 0.854. The standard InChI is InChI=1S/C16H25ClN2/c1-16(2,19(3)4)11-18-15(12-5-6-12)13-7-9-14(17)10-8-13/h7-10,12,15,18H,5-6,11H2,1-4H3. The Labute approximate surface area is 122 Å². The first-order chi connectivity index (χ1) is 8.90. The van der Waals surface area contributed by atoms with Crippen LogP contribution in [0.3, 0.4) is 0 Å². The van der Waals surface area contributed by atoms with Gasteiger partial charge in [0, 0.05) is 23.1 Å². The van der Waals surface area contributed by atoms with Crippen molar-refractivity contribution in [3.05, 3.63) is 34.9 Å². The molecule has 0 amide bonds. The van der Waals surface area contributed by atoms with E-state index in [-0.39, 0.29) is 5.54 Å². The molecule has 2 rings (SSSR count). The third kappa shape index (κ3) is 3.95. The van der Waals surface area contributed by atoms with Gasteiger partial charge in [-0.25, -0.2) is 0 Å². The molecule has 106 valence electrons. The molecule has 1 aromatic carbocycles. The van der Waals surface area contributed by atoms with E-state index >= 15 is 0 Å². The molecule has 0 aromatic heterocycles. The molecule has 1 unspecified atom stereocenters. The fourth-order valence-corrected chi connectivity index (χ4v) is 2.30. The number of nitrogens with one attached hydrogen (secondary N) is 1. The van der Waals surface area contributed by atoms with Crippen LogP contribution in [0.4, 0.5) is 0 Å². The molecule has 1 saturated carbocycles. The van der Waals surface area contributed by atoms with Gasteiger partial charge >= 0.3 is 0 Å². The van der Waals surface area contributed by atoms with Gasteiger partial charge in [0.2, 0.25) is 0 Å². The van der Waals surface area contributed by atoms with Gasteiger partial charge in [-0.05, 0) is 64.4 Å². The summed E-state index contributed by atoms with van der Waals surface area (Å²) in [6, 6.07) is 8.76. The fourth-order valence-electron chi connectivity index (χ4n) is 2.17. The Balaban J connectivity index is 2.03. The number of hydrogen-bond acceptors (Lipinski definition) is 2. The fraction of sp³-hybridized carbons (Fsp3) is 0.625. The maximum atomic E-state index is 5.98. The van der Waals surface area contributed by atoms with Crippen LogP contribution in [0.5, 0.6) is 0 Å². The minimum atomic E-state index is 0.166. The highest BCUT2D eigenvalue weighted by atomic mass is 35.5. The molecule has 0 bridgehead atoms. The lowest BCUT2D eigenvalue weighted by Gasteiger charge is -2.34. The average Bonchev–Trinajstić information content (AvgIpc) is 3.16. The second-order valence-electron chi connectivity index (χ2n) is 6.45. The predicted octanol–water partition coefficient (Wildman–Crippen LogP) is 3.72. The first-order valence-corrected chi connectivity index (χ1v) is 7.44. The highest BCUT2D eigenvalue weighted by Gasteiger charge is 2.33. The van der Waals surface area contributed by atoms with Crippen LogP contribution in [0.2, 0.25) is 5.02 Å². The van der Waals surface area contributed by atoms with Crippen molar-refractivity contribution in [3.8, 4) is 0 Å². The molecule has 2 nitrogen and oxygen atoms in total. The number of nitrogens with zero attached hydrogens (tertiary/aromatic N) is 1. The van der Waals surface area contributed by atoms with Crippen LogP contribution in [0, 0.1) is 5.92 Å². The smallest absolute Gasteiger partial charge is 0.0406 e. The zero-order chi connectivity index (χ0) is 14.0. The summed E-state index contributed by atoms with van der Waals surface area (Å²) in [6.07, 6.45) is 2.67. The molecule has 19 heavy (non-hydrogen) atoms. The lowest BCUT2D eigenvalue weighted by atomic mass is 9.99. The van der Waals surface area contributed by atoms with Crippen LogP contribution in [-0.2, 0) is 0 Å². The molecule has 1 N–H and O–H groups in total. The third-order valence-electron chi connectivity index (χ3n) is 4.29. The minimum absolute atomic E-state index is 0.166. The van der Waals surface area contributed by atoms with Crippen LogP contribution in [0.25, 0.3) is 0 Å². The Morgan fingerprint density at radius 2 is 1.84 bits per heavy atom. The Morgan fingerprint density at radius 3 is 2.32 bits per heavy atom. The molecule has 1 atom stereocenters. The van der Waals surface area contributed by atoms with E-state index in [0.29, 0.717) is 6.04 Å². The van der Waals surface area contributed by atoms with Crippen molar-refractivity contribution in [1.82, 2.24) is 10.2 Å². The topological polar surface area (TPSA) is 15.3 Å². The van der Waals surface area contributed by atoms with Gasteiger partial charge in [0.05, 0.1) is 0 Å². The van der Waals surface area contributed by atoms with E-state index in [9.17, 15) is 0 Å². The summed E-state index contributed by atoms with van der Waals surface area (Å²) >= 11 is 5.98. The van der Waals surface area contributed by atoms with Crippen molar-refractivity contribution >= 4 is 11.6 Å². The number of rotatable bonds is 6. The van der Waals surface area contributed by atoms with E-state index in [0.717, 1.165) is 17.5 Å². The monoisotopic (exact) mass is 280 g/mol. The van der Waals surface area contributed by atoms with Gasteiger partial charge in [0.15, 0.2) is 0 Å². The van der Waals surface area contributed by atoms with Crippen LogP contribution in [0.1, 0.15) is 38.3 Å². The molecule has 1 aromatic rings. The van der Waals surface area contributed by atoms with Gasteiger partial charge in [-0.15, -0.1) is 0 Å². The van der Waals surface area contributed by atoms with Crippen LogP contribution >= 0.6 is 11.6 Å². The Kier molecular flexibility index (Phi) is 4.54. The number of likely N-dealkylation sites (N-methyl/N-ethyl adjacent to an activating group) is 1. The molecule has 0 spiro atoms. The molecule has 0 radical (unpaired) electrons. The van der Waals surface area contributed by atoms with Gasteiger partial charge in [0.1, 0.15) is 0 Å². The first-order valence-electron chi connectivity index (χ1n) is 7.06. The number of hydrogen-bond donors (Lipinski definition) is 1. The highest BCUT2D eigenvalue weighted by Crippen LogP contribution is 2.41. The van der Waals surface area contributed by atoms with E-state index in [4.69, 9.17) is 11.6 Å². The summed E-state index contributed by atoms with van der Waals surface area (Å²) in [7, 11) is 4.27. The van der Waals surface area contributed by atoms with Crippen LogP contribution in [0.15, 0.2) is 24.3 Å². The summed E-state index contributed by atoms with van der Waals surface area (Å²) in [4.78, 5) is 2.27. The van der Waals surface area contributed by atoms with Crippen LogP contribution < -0.4 is 5.32 Å². The Bertz CT molecular complexity index is 407. The molecule has 1 aliphatic carbocycles.